The van der Waals surface area contributed by atoms with Crippen LogP contribution in [0.3, 0.4) is 0 Å². The quantitative estimate of drug-likeness (QED) is 0.683. The second-order valence-electron chi connectivity index (χ2n) is 2.48. The number of nitrogens with zero attached hydrogens (tertiary/aromatic N) is 1. The van der Waals surface area contributed by atoms with Gasteiger partial charge in [0, 0.05) is 6.07 Å². The van der Waals surface area contributed by atoms with Crippen molar-refractivity contribution >= 4 is 12.0 Å². The summed E-state index contributed by atoms with van der Waals surface area (Å²) in [7, 11) is 2.83. The van der Waals surface area contributed by atoms with Crippen molar-refractivity contribution in [1.29, 1.82) is 0 Å². The molecule has 0 unspecified atom stereocenters. The van der Waals surface area contributed by atoms with Crippen molar-refractivity contribution in [1.82, 2.24) is 4.98 Å². The number of pyridine rings is 1. The summed E-state index contributed by atoms with van der Waals surface area (Å²) in [6, 6.07) is 3.19. The molecule has 0 spiro atoms. The predicted molar refractivity (Wildman–Crippen MR) is 52.2 cm³/mol. The summed E-state index contributed by atoms with van der Waals surface area (Å²) in [5.41, 5.74) is 0.833. The number of hydrogen-bond donors (Lipinski definition) is 0. The fourth-order valence-corrected chi connectivity index (χ4v) is 1.01. The minimum Gasteiger partial charge on any atom is -0.481 e. The molecule has 0 saturated heterocycles. The summed E-state index contributed by atoms with van der Waals surface area (Å²) in [5, 5.41) is 0. The van der Waals surface area contributed by atoms with Crippen molar-refractivity contribution in [3.05, 3.63) is 30.0 Å². The van der Waals surface area contributed by atoms with Crippen LogP contribution in [0.4, 0.5) is 0 Å². The van der Waals surface area contributed by atoms with E-state index in [4.69, 9.17) is 4.74 Å². The highest BCUT2D eigenvalue weighted by molar-refractivity contribution is 5.92. The van der Waals surface area contributed by atoms with Crippen LogP contribution in [0, 0.1) is 0 Å². The van der Waals surface area contributed by atoms with Gasteiger partial charge in [-0.15, -0.1) is 0 Å². The molecule has 74 valence electrons. The third-order valence-electron chi connectivity index (χ3n) is 1.71. The molecule has 0 aliphatic heterocycles. The molecule has 1 aromatic heterocycles. The van der Waals surface area contributed by atoms with Gasteiger partial charge in [0.25, 0.3) is 0 Å². The lowest BCUT2D eigenvalue weighted by Crippen LogP contribution is -2.05. The fourth-order valence-electron chi connectivity index (χ4n) is 1.01. The lowest BCUT2D eigenvalue weighted by molar-refractivity contribution is 0.0600. The number of methoxy groups -OCH3 is 2. The molecule has 4 heteroatoms. The van der Waals surface area contributed by atoms with Crippen LogP contribution >= 0.6 is 0 Å². The molecule has 0 aliphatic carbocycles. The third-order valence-corrected chi connectivity index (χ3v) is 1.71. The van der Waals surface area contributed by atoms with Gasteiger partial charge >= 0.3 is 5.97 Å². The maximum Gasteiger partial charge on any atom is 0.340 e. The van der Waals surface area contributed by atoms with Gasteiger partial charge in [-0.1, -0.05) is 6.58 Å². The Morgan fingerprint density at radius 2 is 2.21 bits per heavy atom. The highest BCUT2D eigenvalue weighted by atomic mass is 16.5. The zero-order valence-electron chi connectivity index (χ0n) is 8.11. The first-order chi connectivity index (χ1) is 6.72. The number of carbonyl (C=O) groups excluding carboxylic acids is 1. The molecule has 0 radical (unpaired) electrons. The number of ether oxygens (including phenoxy) is 2. The van der Waals surface area contributed by atoms with Crippen molar-refractivity contribution in [2.45, 2.75) is 0 Å². The molecule has 1 heterocycles. The zero-order valence-corrected chi connectivity index (χ0v) is 8.11. The number of aromatic nitrogens is 1. The van der Waals surface area contributed by atoms with E-state index >= 15 is 0 Å². The van der Waals surface area contributed by atoms with Gasteiger partial charge in [-0.2, -0.15) is 0 Å². The number of hydrogen-bond acceptors (Lipinski definition) is 4. The van der Waals surface area contributed by atoms with E-state index in [1.165, 1.54) is 20.3 Å². The van der Waals surface area contributed by atoms with E-state index in [9.17, 15) is 4.79 Å². The SMILES string of the molecule is C=Cc1nc(OC)ccc1C(=O)OC. The standard InChI is InChI=1S/C10H11NO3/c1-4-8-7(10(12)14-3)5-6-9(11-8)13-2/h4-6H,1H2,2-3H3. The van der Waals surface area contributed by atoms with Crippen LogP contribution in [0.1, 0.15) is 16.1 Å². The molecular formula is C10H11NO3. The molecule has 4 nitrogen and oxygen atoms in total. The van der Waals surface area contributed by atoms with Gasteiger partial charge in [0.15, 0.2) is 0 Å². The van der Waals surface area contributed by atoms with Crippen molar-refractivity contribution in [2.24, 2.45) is 0 Å². The molecule has 0 amide bonds. The monoisotopic (exact) mass is 193 g/mol. The Hall–Kier alpha value is -1.84. The van der Waals surface area contributed by atoms with Gasteiger partial charge in [0.2, 0.25) is 5.88 Å². The van der Waals surface area contributed by atoms with Gasteiger partial charge in [-0.25, -0.2) is 9.78 Å². The van der Waals surface area contributed by atoms with Crippen LogP contribution in [0.5, 0.6) is 5.88 Å². The van der Waals surface area contributed by atoms with Crippen LogP contribution in [0.15, 0.2) is 18.7 Å². The van der Waals surface area contributed by atoms with E-state index in [0.717, 1.165) is 0 Å². The van der Waals surface area contributed by atoms with Crippen LogP contribution in [-0.4, -0.2) is 25.2 Å². The third kappa shape index (κ3) is 1.90. The molecule has 0 aliphatic rings. The van der Waals surface area contributed by atoms with E-state index in [1.54, 1.807) is 12.1 Å². The van der Waals surface area contributed by atoms with E-state index in [0.29, 0.717) is 17.1 Å². The minimum atomic E-state index is -0.435. The van der Waals surface area contributed by atoms with Crippen molar-refractivity contribution in [3.63, 3.8) is 0 Å². The highest BCUT2D eigenvalue weighted by Gasteiger charge is 2.11. The largest absolute Gasteiger partial charge is 0.481 e. The Morgan fingerprint density at radius 3 is 2.71 bits per heavy atom. The first kappa shape index (κ1) is 10.2. The summed E-state index contributed by atoms with van der Waals surface area (Å²) >= 11 is 0. The van der Waals surface area contributed by atoms with Crippen LogP contribution in [0.2, 0.25) is 0 Å². The molecule has 14 heavy (non-hydrogen) atoms. The van der Waals surface area contributed by atoms with Gasteiger partial charge in [0.05, 0.1) is 25.5 Å². The summed E-state index contributed by atoms with van der Waals surface area (Å²) in [6.45, 7) is 3.56. The summed E-state index contributed by atoms with van der Waals surface area (Å²) in [6.07, 6.45) is 1.48. The maximum absolute atomic E-state index is 11.2. The Kier molecular flexibility index (Phi) is 3.23. The first-order valence-electron chi connectivity index (χ1n) is 3.98. The smallest absolute Gasteiger partial charge is 0.340 e. The first-order valence-corrected chi connectivity index (χ1v) is 3.98. The van der Waals surface area contributed by atoms with E-state index in [2.05, 4.69) is 16.3 Å². The Labute approximate surface area is 82.2 Å². The molecule has 0 saturated carbocycles. The average Bonchev–Trinajstić information content (AvgIpc) is 2.27. The van der Waals surface area contributed by atoms with Crippen LogP contribution in [-0.2, 0) is 4.74 Å². The maximum atomic E-state index is 11.2. The van der Waals surface area contributed by atoms with Gasteiger partial charge in [0.1, 0.15) is 0 Å². The lowest BCUT2D eigenvalue weighted by atomic mass is 10.2. The lowest BCUT2D eigenvalue weighted by Gasteiger charge is -2.04. The highest BCUT2D eigenvalue weighted by Crippen LogP contribution is 2.14. The van der Waals surface area contributed by atoms with Gasteiger partial charge < -0.3 is 9.47 Å². The average molecular weight is 193 g/mol. The normalized spacial score (nSPS) is 9.29. The van der Waals surface area contributed by atoms with Gasteiger partial charge in [-0.05, 0) is 12.1 Å². The number of carbonyl (C=O) groups is 1. The molecule has 0 aromatic carbocycles. The fraction of sp³-hybridized carbons (Fsp3) is 0.200. The van der Waals surface area contributed by atoms with Crippen molar-refractivity contribution < 1.29 is 14.3 Å². The number of esters is 1. The van der Waals surface area contributed by atoms with Gasteiger partial charge in [-0.3, -0.25) is 0 Å². The van der Waals surface area contributed by atoms with E-state index in [1.807, 2.05) is 0 Å². The number of rotatable bonds is 3. The van der Waals surface area contributed by atoms with Crippen molar-refractivity contribution in [3.8, 4) is 5.88 Å². The second-order valence-corrected chi connectivity index (χ2v) is 2.48. The summed E-state index contributed by atoms with van der Waals surface area (Å²) in [5.74, 6) is 0.00241. The Balaban J connectivity index is 3.17. The van der Waals surface area contributed by atoms with E-state index < -0.39 is 5.97 Å². The summed E-state index contributed by atoms with van der Waals surface area (Å²) < 4.78 is 9.50. The van der Waals surface area contributed by atoms with Crippen LogP contribution < -0.4 is 4.74 Å². The Bertz CT molecular complexity index is 360. The van der Waals surface area contributed by atoms with Crippen molar-refractivity contribution in [2.75, 3.05) is 14.2 Å². The molecule has 0 atom stereocenters. The van der Waals surface area contributed by atoms with Crippen LogP contribution in [0.25, 0.3) is 6.08 Å². The predicted octanol–water partition coefficient (Wildman–Crippen LogP) is 1.52. The Morgan fingerprint density at radius 1 is 1.50 bits per heavy atom. The molecular weight excluding hydrogens is 182 g/mol. The minimum absolute atomic E-state index is 0.378. The molecule has 1 aromatic rings. The van der Waals surface area contributed by atoms with E-state index in [-0.39, 0.29) is 0 Å². The molecule has 1 rings (SSSR count). The second kappa shape index (κ2) is 4.41. The topological polar surface area (TPSA) is 48.4 Å². The molecule has 0 fully saturated rings. The molecule has 0 bridgehead atoms. The summed E-state index contributed by atoms with van der Waals surface area (Å²) in [4.78, 5) is 15.3. The molecule has 0 N–H and O–H groups in total. The zero-order chi connectivity index (χ0) is 10.6.